The van der Waals surface area contributed by atoms with E-state index in [1.807, 2.05) is 84.9 Å². The highest BCUT2D eigenvalue weighted by atomic mass is 127. The molecule has 0 fully saturated rings. The lowest BCUT2D eigenvalue weighted by molar-refractivity contribution is -0.131. The third-order valence-corrected chi connectivity index (χ3v) is 6.47. The summed E-state index contributed by atoms with van der Waals surface area (Å²) in [6.07, 6.45) is -1.32. The van der Waals surface area contributed by atoms with Crippen molar-refractivity contribution in [3.63, 3.8) is 0 Å². The Hall–Kier alpha value is -3.60. The van der Waals surface area contributed by atoms with Crippen LogP contribution in [0, 0.1) is 3.57 Å². The fraction of sp³-hybridized carbons (Fsp3) is 0.207. The summed E-state index contributed by atoms with van der Waals surface area (Å²) in [5.41, 5.74) is 3.30. The molecule has 3 aromatic carbocycles. The van der Waals surface area contributed by atoms with Gasteiger partial charge < -0.3 is 14.8 Å². The molecule has 1 atom stereocenters. The Morgan fingerprint density at radius 3 is 2.03 bits per heavy atom. The molecule has 4 rings (SSSR count). The average molecular weight is 629 g/mol. The van der Waals surface area contributed by atoms with Crippen molar-refractivity contribution in [2.45, 2.75) is 32.0 Å². The van der Waals surface area contributed by atoms with Crippen LogP contribution in [-0.2, 0) is 24.4 Å². The normalized spacial score (nSPS) is 11.7. The van der Waals surface area contributed by atoms with Crippen molar-refractivity contribution in [1.29, 1.82) is 0 Å². The second-order valence-electron chi connectivity index (χ2n) is 8.52. The quantitative estimate of drug-likeness (QED) is 0.196. The van der Waals surface area contributed by atoms with E-state index < -0.39 is 18.3 Å². The molecule has 0 radical (unpaired) electrons. The van der Waals surface area contributed by atoms with Crippen LogP contribution in [0.5, 0.6) is 11.6 Å². The number of hydrogen-bond acceptors (Lipinski definition) is 5. The highest BCUT2D eigenvalue weighted by Gasteiger charge is 2.25. The van der Waals surface area contributed by atoms with Gasteiger partial charge in [0, 0.05) is 16.0 Å². The van der Waals surface area contributed by atoms with Gasteiger partial charge in [-0.2, -0.15) is 13.8 Å². The average Bonchev–Trinajstić information content (AvgIpc) is 2.95. The number of benzene rings is 3. The summed E-state index contributed by atoms with van der Waals surface area (Å²) in [5.74, 6) is -1.26. The van der Waals surface area contributed by atoms with Crippen LogP contribution in [-0.4, -0.2) is 28.8 Å². The first-order valence-corrected chi connectivity index (χ1v) is 13.1. The van der Waals surface area contributed by atoms with Gasteiger partial charge in [0.05, 0.1) is 5.69 Å². The first-order valence-electron chi connectivity index (χ1n) is 12.0. The minimum atomic E-state index is -3.11. The molecule has 196 valence electrons. The van der Waals surface area contributed by atoms with E-state index >= 15 is 0 Å². The largest absolute Gasteiger partial charge is 0.482 e. The molecular weight excluding hydrogens is 603 g/mol. The zero-order chi connectivity index (χ0) is 26.7. The van der Waals surface area contributed by atoms with Crippen LogP contribution >= 0.6 is 22.6 Å². The zero-order valence-corrected chi connectivity index (χ0v) is 22.6. The van der Waals surface area contributed by atoms with E-state index in [9.17, 15) is 13.6 Å². The number of nitrogens with one attached hydrogen (secondary N) is 1. The van der Waals surface area contributed by atoms with Crippen molar-refractivity contribution < 1.29 is 23.0 Å². The summed E-state index contributed by atoms with van der Waals surface area (Å²) in [6.45, 7) is 0.414. The Morgan fingerprint density at radius 2 is 1.42 bits per heavy atom. The Morgan fingerprint density at radius 1 is 0.816 bits per heavy atom. The van der Waals surface area contributed by atoms with Crippen LogP contribution in [0.15, 0.2) is 91.3 Å². The maximum absolute atomic E-state index is 13.0. The number of carbonyl (C=O) groups excluding carboxylic acids is 1. The number of rotatable bonds is 12. The fourth-order valence-electron chi connectivity index (χ4n) is 3.83. The first kappa shape index (κ1) is 27.4. The Kier molecular flexibility index (Phi) is 9.97. The van der Waals surface area contributed by atoms with Gasteiger partial charge in [0.1, 0.15) is 19.5 Å². The molecule has 1 N–H and O–H groups in total. The lowest BCUT2D eigenvalue weighted by atomic mass is 9.95. The van der Waals surface area contributed by atoms with E-state index in [-0.39, 0.29) is 25.6 Å². The fourth-order valence-corrected chi connectivity index (χ4v) is 4.19. The number of amides is 1. The SMILES string of the molecule is O=C(NCC(Cc1ccc(I)cc1)c1ncnc(OCc2ccccc2)c1OCc1ccccc1)C(F)F. The number of carbonyl (C=O) groups is 1. The second-order valence-corrected chi connectivity index (χ2v) is 9.76. The summed E-state index contributed by atoms with van der Waals surface area (Å²) >= 11 is 2.22. The van der Waals surface area contributed by atoms with E-state index in [1.165, 1.54) is 6.33 Å². The number of halogens is 3. The molecule has 9 heteroatoms. The van der Waals surface area contributed by atoms with E-state index in [4.69, 9.17) is 9.47 Å². The summed E-state index contributed by atoms with van der Waals surface area (Å²) in [7, 11) is 0. The summed E-state index contributed by atoms with van der Waals surface area (Å²) in [5, 5.41) is 2.34. The second kappa shape index (κ2) is 13.8. The number of nitrogens with zero attached hydrogens (tertiary/aromatic N) is 2. The molecule has 0 aliphatic carbocycles. The van der Waals surface area contributed by atoms with Crippen LogP contribution in [0.4, 0.5) is 8.78 Å². The molecule has 4 aromatic rings. The van der Waals surface area contributed by atoms with Crippen molar-refractivity contribution in [2.24, 2.45) is 0 Å². The third-order valence-electron chi connectivity index (χ3n) is 5.75. The van der Waals surface area contributed by atoms with E-state index in [1.54, 1.807) is 0 Å². The smallest absolute Gasteiger partial charge is 0.315 e. The predicted octanol–water partition coefficient (Wildman–Crippen LogP) is 5.95. The number of alkyl halides is 2. The van der Waals surface area contributed by atoms with Crippen LogP contribution in [0.2, 0.25) is 0 Å². The maximum Gasteiger partial charge on any atom is 0.315 e. The third kappa shape index (κ3) is 7.95. The van der Waals surface area contributed by atoms with Crippen molar-refractivity contribution in [3.05, 3.63) is 117 Å². The molecule has 6 nitrogen and oxygen atoms in total. The van der Waals surface area contributed by atoms with Gasteiger partial charge in [-0.3, -0.25) is 4.79 Å². The van der Waals surface area contributed by atoms with Gasteiger partial charge in [-0.15, -0.1) is 0 Å². The molecule has 38 heavy (non-hydrogen) atoms. The Balaban J connectivity index is 1.67. The van der Waals surface area contributed by atoms with Gasteiger partial charge in [-0.05, 0) is 57.8 Å². The van der Waals surface area contributed by atoms with Crippen LogP contribution in [0.1, 0.15) is 28.3 Å². The monoisotopic (exact) mass is 629 g/mol. The molecule has 1 unspecified atom stereocenters. The van der Waals surface area contributed by atoms with Gasteiger partial charge >= 0.3 is 6.43 Å². The van der Waals surface area contributed by atoms with Crippen molar-refractivity contribution >= 4 is 28.5 Å². The molecular formula is C29H26F2IN3O3. The molecule has 0 saturated carbocycles. The van der Waals surface area contributed by atoms with Gasteiger partial charge in [-0.25, -0.2) is 4.98 Å². The van der Waals surface area contributed by atoms with Gasteiger partial charge in [0.15, 0.2) is 0 Å². The lowest BCUT2D eigenvalue weighted by Crippen LogP contribution is -2.34. The minimum Gasteiger partial charge on any atom is -0.482 e. The minimum absolute atomic E-state index is 0.0635. The van der Waals surface area contributed by atoms with Gasteiger partial charge in [0.2, 0.25) is 5.75 Å². The zero-order valence-electron chi connectivity index (χ0n) is 20.4. The topological polar surface area (TPSA) is 73.3 Å². The maximum atomic E-state index is 13.0. The molecule has 1 amide bonds. The highest BCUT2D eigenvalue weighted by Crippen LogP contribution is 2.35. The predicted molar refractivity (Wildman–Crippen MR) is 148 cm³/mol. The van der Waals surface area contributed by atoms with Crippen LogP contribution in [0.25, 0.3) is 0 Å². The number of hydrogen-bond donors (Lipinski definition) is 1. The van der Waals surface area contributed by atoms with E-state index in [0.717, 1.165) is 20.3 Å². The molecule has 1 aromatic heterocycles. The molecule has 0 saturated heterocycles. The molecule has 0 spiro atoms. The Bertz CT molecular complexity index is 1310. The highest BCUT2D eigenvalue weighted by molar-refractivity contribution is 14.1. The first-order chi connectivity index (χ1) is 18.5. The van der Waals surface area contributed by atoms with E-state index in [0.29, 0.717) is 17.9 Å². The van der Waals surface area contributed by atoms with Crippen molar-refractivity contribution in [1.82, 2.24) is 15.3 Å². The lowest BCUT2D eigenvalue weighted by Gasteiger charge is -2.22. The number of aromatic nitrogens is 2. The molecule has 1 heterocycles. The summed E-state index contributed by atoms with van der Waals surface area (Å²) in [4.78, 5) is 20.6. The standard InChI is InChI=1S/C29H26F2IN3O3/c30-27(31)28(36)33-16-23(15-20-11-13-24(32)14-12-20)25-26(37-17-21-7-3-1-4-8-21)29(35-19-34-25)38-18-22-9-5-2-6-10-22/h1-14,19,23,27H,15-18H2,(H,33,36). The van der Waals surface area contributed by atoms with Gasteiger partial charge in [-0.1, -0.05) is 72.8 Å². The Labute approximate surface area is 233 Å². The van der Waals surface area contributed by atoms with E-state index in [2.05, 4.69) is 37.9 Å². The van der Waals surface area contributed by atoms with Crippen molar-refractivity contribution in [2.75, 3.05) is 6.54 Å². The molecule has 0 aliphatic heterocycles. The molecule has 0 bridgehead atoms. The van der Waals surface area contributed by atoms with Crippen LogP contribution < -0.4 is 14.8 Å². The summed E-state index contributed by atoms with van der Waals surface area (Å²) in [6, 6.07) is 27.1. The number of ether oxygens (including phenoxy) is 2. The molecule has 0 aliphatic rings. The van der Waals surface area contributed by atoms with Crippen LogP contribution in [0.3, 0.4) is 0 Å². The summed E-state index contributed by atoms with van der Waals surface area (Å²) < 4.78 is 39.3. The van der Waals surface area contributed by atoms with Gasteiger partial charge in [0.25, 0.3) is 11.8 Å². The van der Waals surface area contributed by atoms with Crippen molar-refractivity contribution in [3.8, 4) is 11.6 Å².